The molecule has 0 aromatic rings. The van der Waals surface area contributed by atoms with Crippen molar-refractivity contribution in [3.63, 3.8) is 0 Å². The number of aliphatic hydroxyl groups excluding tert-OH is 4. The van der Waals surface area contributed by atoms with Gasteiger partial charge in [0.15, 0.2) is 11.9 Å². The summed E-state index contributed by atoms with van der Waals surface area (Å²) in [5, 5.41) is 55.0. The lowest BCUT2D eigenvalue weighted by molar-refractivity contribution is -0.356. The number of hydrogen-bond acceptors (Lipinski definition) is 8. The van der Waals surface area contributed by atoms with Gasteiger partial charge in [-0.2, -0.15) is 0 Å². The normalized spacial score (nSPS) is 58.4. The fourth-order valence-electron chi connectivity index (χ4n) is 7.10. The zero-order chi connectivity index (χ0) is 21.0. The molecule has 3 fully saturated rings. The van der Waals surface area contributed by atoms with Crippen molar-refractivity contribution in [1.29, 1.82) is 0 Å². The van der Waals surface area contributed by atoms with Gasteiger partial charge < -0.3 is 30.3 Å². The highest BCUT2D eigenvalue weighted by Crippen LogP contribution is 2.69. The number of rotatable bonds is 0. The fourth-order valence-corrected chi connectivity index (χ4v) is 7.10. The molecule has 0 bridgehead atoms. The minimum Gasteiger partial charge on any atom is -0.460 e. The standard InChI is InChI=1S/C20H28O8/c1-7-5-10(21)15(24)18(3)9(7)6-11-19(4)14(18)13(23)12(22)8(2)20(19,27)16(25)17(26)28-11/h5,8-9,11-16,22-25,27H,6H2,1-4H3/t8-,9-,11+,12+,13-,14+,15+,16-,18-,19+,20-/m0/s1. The maximum atomic E-state index is 12.5. The van der Waals surface area contributed by atoms with Crippen molar-refractivity contribution in [2.75, 3.05) is 0 Å². The maximum Gasteiger partial charge on any atom is 0.338 e. The van der Waals surface area contributed by atoms with Crippen molar-refractivity contribution in [1.82, 2.24) is 0 Å². The van der Waals surface area contributed by atoms with Crippen LogP contribution in [0.15, 0.2) is 11.6 Å². The Balaban J connectivity index is 2.01. The van der Waals surface area contributed by atoms with Crippen LogP contribution in [0, 0.1) is 28.6 Å². The average molecular weight is 396 g/mol. The Hall–Kier alpha value is -1.32. The number of carbonyl (C=O) groups is 2. The van der Waals surface area contributed by atoms with Crippen LogP contribution in [0.4, 0.5) is 0 Å². The zero-order valence-corrected chi connectivity index (χ0v) is 16.4. The second-order valence-corrected chi connectivity index (χ2v) is 9.53. The highest BCUT2D eigenvalue weighted by molar-refractivity contribution is 5.96. The smallest absolute Gasteiger partial charge is 0.338 e. The zero-order valence-electron chi connectivity index (χ0n) is 16.4. The quantitative estimate of drug-likeness (QED) is 0.325. The molecule has 4 aliphatic rings. The summed E-state index contributed by atoms with van der Waals surface area (Å²) in [5.41, 5.74) is -4.02. The van der Waals surface area contributed by atoms with Gasteiger partial charge in [-0.1, -0.05) is 26.3 Å². The second-order valence-electron chi connectivity index (χ2n) is 9.53. The van der Waals surface area contributed by atoms with E-state index in [9.17, 15) is 35.1 Å². The van der Waals surface area contributed by atoms with E-state index >= 15 is 0 Å². The van der Waals surface area contributed by atoms with Crippen LogP contribution in [-0.2, 0) is 14.3 Å². The maximum absolute atomic E-state index is 12.5. The number of aliphatic hydroxyl groups is 5. The Kier molecular flexibility index (Phi) is 4.02. The molecule has 0 unspecified atom stereocenters. The monoisotopic (exact) mass is 396 g/mol. The molecule has 11 atom stereocenters. The van der Waals surface area contributed by atoms with Gasteiger partial charge in [0.25, 0.3) is 0 Å². The lowest BCUT2D eigenvalue weighted by atomic mass is 9.36. The third kappa shape index (κ3) is 1.89. The van der Waals surface area contributed by atoms with Crippen LogP contribution in [0.2, 0.25) is 0 Å². The summed E-state index contributed by atoms with van der Waals surface area (Å²) in [4.78, 5) is 24.8. The van der Waals surface area contributed by atoms with Gasteiger partial charge in [-0.3, -0.25) is 4.79 Å². The first kappa shape index (κ1) is 20.0. The van der Waals surface area contributed by atoms with Crippen molar-refractivity contribution in [3.8, 4) is 0 Å². The van der Waals surface area contributed by atoms with E-state index in [0.717, 1.165) is 0 Å². The highest BCUT2D eigenvalue weighted by Gasteiger charge is 2.79. The molecule has 8 heteroatoms. The van der Waals surface area contributed by atoms with Crippen LogP contribution >= 0.6 is 0 Å². The highest BCUT2D eigenvalue weighted by atomic mass is 16.6. The molecule has 8 nitrogen and oxygen atoms in total. The molecule has 4 rings (SSSR count). The number of ketones is 1. The first-order valence-corrected chi connectivity index (χ1v) is 9.71. The summed E-state index contributed by atoms with van der Waals surface area (Å²) in [6.45, 7) is 6.49. The SMILES string of the molecule is CC1=CC(=O)[C@@H](O)[C@]2(C)[C@H]3[C@@H](O)[C@H](O)[C@H](C)[C@]4(O)[C@@H](O)C(=O)O[C@H](C[C@@H]12)[C@]34C. The number of hydrogen-bond donors (Lipinski definition) is 5. The number of carbonyl (C=O) groups excluding carboxylic acids is 2. The first-order valence-electron chi connectivity index (χ1n) is 9.71. The molecular weight excluding hydrogens is 368 g/mol. The summed E-state index contributed by atoms with van der Waals surface area (Å²) in [7, 11) is 0. The van der Waals surface area contributed by atoms with Crippen LogP contribution < -0.4 is 0 Å². The summed E-state index contributed by atoms with van der Waals surface area (Å²) < 4.78 is 5.51. The molecule has 0 aromatic heterocycles. The predicted octanol–water partition coefficient (Wildman–Crippen LogP) is -1.09. The van der Waals surface area contributed by atoms with Gasteiger partial charge >= 0.3 is 5.97 Å². The van der Waals surface area contributed by atoms with E-state index in [-0.39, 0.29) is 6.42 Å². The van der Waals surface area contributed by atoms with Crippen molar-refractivity contribution in [2.45, 2.75) is 70.2 Å². The Bertz CT molecular complexity index is 778. The molecule has 1 saturated heterocycles. The minimum atomic E-state index is -2.10. The molecule has 3 aliphatic carbocycles. The molecule has 0 amide bonds. The Morgan fingerprint density at radius 3 is 2.29 bits per heavy atom. The van der Waals surface area contributed by atoms with Gasteiger partial charge in [0.1, 0.15) is 17.8 Å². The van der Waals surface area contributed by atoms with E-state index in [1.165, 1.54) is 13.0 Å². The van der Waals surface area contributed by atoms with Crippen LogP contribution in [-0.4, -0.2) is 73.4 Å². The number of fused-ring (bicyclic) bond motifs is 2. The van der Waals surface area contributed by atoms with Crippen LogP contribution in [0.25, 0.3) is 0 Å². The van der Waals surface area contributed by atoms with E-state index in [4.69, 9.17) is 4.74 Å². The molecule has 5 N–H and O–H groups in total. The van der Waals surface area contributed by atoms with E-state index in [1.54, 1.807) is 20.8 Å². The molecule has 1 aliphatic heterocycles. The minimum absolute atomic E-state index is 0.229. The van der Waals surface area contributed by atoms with Crippen LogP contribution in [0.3, 0.4) is 0 Å². The Labute approximate surface area is 162 Å². The van der Waals surface area contributed by atoms with E-state index in [2.05, 4.69) is 0 Å². The second kappa shape index (κ2) is 5.64. The Morgan fingerprint density at radius 2 is 1.68 bits per heavy atom. The van der Waals surface area contributed by atoms with Crippen molar-refractivity contribution < 1.29 is 39.9 Å². The summed E-state index contributed by atoms with van der Waals surface area (Å²) >= 11 is 0. The largest absolute Gasteiger partial charge is 0.460 e. The van der Waals surface area contributed by atoms with E-state index in [0.29, 0.717) is 5.57 Å². The summed E-state index contributed by atoms with van der Waals surface area (Å²) in [6, 6.07) is 0. The van der Waals surface area contributed by atoms with Gasteiger partial charge in [0.2, 0.25) is 0 Å². The van der Waals surface area contributed by atoms with Crippen molar-refractivity contribution >= 4 is 11.8 Å². The van der Waals surface area contributed by atoms with Gasteiger partial charge in [0.05, 0.1) is 12.2 Å². The Morgan fingerprint density at radius 1 is 1.07 bits per heavy atom. The molecule has 0 spiro atoms. The lowest BCUT2D eigenvalue weighted by Gasteiger charge is -2.71. The van der Waals surface area contributed by atoms with Crippen molar-refractivity contribution in [3.05, 3.63) is 11.6 Å². The number of ether oxygens (including phenoxy) is 1. The lowest BCUT2D eigenvalue weighted by Crippen LogP contribution is -2.83. The average Bonchev–Trinajstić information content (AvgIpc) is 2.63. The molecule has 0 radical (unpaired) electrons. The fraction of sp³-hybridized carbons (Fsp3) is 0.800. The summed E-state index contributed by atoms with van der Waals surface area (Å²) in [5.74, 6) is -3.94. The van der Waals surface area contributed by atoms with E-state index in [1.807, 2.05) is 0 Å². The van der Waals surface area contributed by atoms with Gasteiger partial charge in [-0.15, -0.1) is 0 Å². The van der Waals surface area contributed by atoms with Gasteiger partial charge in [-0.25, -0.2) is 4.79 Å². The van der Waals surface area contributed by atoms with Crippen LogP contribution in [0.5, 0.6) is 0 Å². The molecule has 28 heavy (non-hydrogen) atoms. The van der Waals surface area contributed by atoms with Gasteiger partial charge in [0, 0.05) is 22.7 Å². The van der Waals surface area contributed by atoms with Crippen LogP contribution in [0.1, 0.15) is 34.1 Å². The number of allylic oxidation sites excluding steroid dienone is 1. The predicted molar refractivity (Wildman–Crippen MR) is 94.6 cm³/mol. The number of esters is 1. The van der Waals surface area contributed by atoms with Crippen molar-refractivity contribution in [2.24, 2.45) is 28.6 Å². The third-order valence-corrected chi connectivity index (χ3v) is 8.62. The molecule has 2 saturated carbocycles. The van der Waals surface area contributed by atoms with Gasteiger partial charge in [-0.05, 0) is 25.3 Å². The molecule has 0 aromatic carbocycles. The summed E-state index contributed by atoms with van der Waals surface area (Å²) in [6.07, 6.45) is -5.50. The topological polar surface area (TPSA) is 145 Å². The van der Waals surface area contributed by atoms with E-state index < -0.39 is 76.5 Å². The molecule has 156 valence electrons. The molecular formula is C20H28O8. The molecule has 1 heterocycles. The third-order valence-electron chi connectivity index (χ3n) is 8.62. The first-order chi connectivity index (χ1) is 12.8.